The van der Waals surface area contributed by atoms with Crippen LogP contribution in [-0.4, -0.2) is 37.0 Å². The predicted molar refractivity (Wildman–Crippen MR) is 75.5 cm³/mol. The van der Waals surface area contributed by atoms with Crippen molar-refractivity contribution in [3.63, 3.8) is 0 Å². The van der Waals surface area contributed by atoms with Crippen LogP contribution >= 0.6 is 0 Å². The lowest BCUT2D eigenvalue weighted by Crippen LogP contribution is -2.51. The van der Waals surface area contributed by atoms with Gasteiger partial charge in [0.1, 0.15) is 0 Å². The van der Waals surface area contributed by atoms with Gasteiger partial charge in [-0.15, -0.1) is 0 Å². The van der Waals surface area contributed by atoms with Gasteiger partial charge in [-0.1, -0.05) is 30.3 Å². The molecule has 100 valence electrons. The SMILES string of the molecule is CNC(C)(C)C(=O)N(C)CCCc1ccccc1. The topological polar surface area (TPSA) is 32.3 Å². The molecule has 0 aliphatic heterocycles. The molecule has 0 aromatic heterocycles. The third-order valence-electron chi connectivity index (χ3n) is 3.31. The summed E-state index contributed by atoms with van der Waals surface area (Å²) in [6.07, 6.45) is 2.00. The lowest BCUT2D eigenvalue weighted by Gasteiger charge is -2.29. The van der Waals surface area contributed by atoms with Gasteiger partial charge >= 0.3 is 0 Å². The number of rotatable bonds is 6. The number of carbonyl (C=O) groups is 1. The molecule has 3 heteroatoms. The Morgan fingerprint density at radius 3 is 2.44 bits per heavy atom. The third kappa shape index (κ3) is 4.15. The summed E-state index contributed by atoms with van der Waals surface area (Å²) in [4.78, 5) is 13.9. The fraction of sp³-hybridized carbons (Fsp3) is 0.533. The monoisotopic (exact) mass is 248 g/mol. The van der Waals surface area contributed by atoms with E-state index in [0.29, 0.717) is 0 Å². The standard InChI is InChI=1S/C15H24N2O/c1-15(2,16-3)14(18)17(4)12-8-11-13-9-6-5-7-10-13/h5-7,9-10,16H,8,11-12H2,1-4H3. The van der Waals surface area contributed by atoms with Crippen molar-refractivity contribution in [1.82, 2.24) is 10.2 Å². The first kappa shape index (κ1) is 14.7. The number of amides is 1. The summed E-state index contributed by atoms with van der Waals surface area (Å²) in [6.45, 7) is 4.60. The second kappa shape index (κ2) is 6.55. The highest BCUT2D eigenvalue weighted by molar-refractivity contribution is 5.85. The summed E-state index contributed by atoms with van der Waals surface area (Å²) in [5, 5.41) is 3.04. The largest absolute Gasteiger partial charge is 0.344 e. The molecular weight excluding hydrogens is 224 g/mol. The van der Waals surface area contributed by atoms with Crippen LogP contribution in [0.2, 0.25) is 0 Å². The van der Waals surface area contributed by atoms with Crippen LogP contribution in [0.4, 0.5) is 0 Å². The van der Waals surface area contributed by atoms with Crippen molar-refractivity contribution in [2.45, 2.75) is 32.2 Å². The quantitative estimate of drug-likeness (QED) is 0.836. The average molecular weight is 248 g/mol. The molecule has 3 nitrogen and oxygen atoms in total. The Morgan fingerprint density at radius 1 is 1.28 bits per heavy atom. The fourth-order valence-corrected chi connectivity index (χ4v) is 1.85. The number of hydrogen-bond acceptors (Lipinski definition) is 2. The highest BCUT2D eigenvalue weighted by Gasteiger charge is 2.27. The average Bonchev–Trinajstić information content (AvgIpc) is 2.39. The first-order valence-corrected chi connectivity index (χ1v) is 6.46. The third-order valence-corrected chi connectivity index (χ3v) is 3.31. The molecule has 0 aliphatic rings. The second-order valence-corrected chi connectivity index (χ2v) is 5.19. The van der Waals surface area contributed by atoms with Gasteiger partial charge in [0.25, 0.3) is 0 Å². The molecule has 1 amide bonds. The van der Waals surface area contributed by atoms with E-state index in [-0.39, 0.29) is 5.91 Å². The van der Waals surface area contributed by atoms with Crippen molar-refractivity contribution in [2.75, 3.05) is 20.6 Å². The van der Waals surface area contributed by atoms with Crippen molar-refractivity contribution in [3.8, 4) is 0 Å². The number of carbonyl (C=O) groups excluding carboxylic acids is 1. The summed E-state index contributed by atoms with van der Waals surface area (Å²) in [5.74, 6) is 0.137. The van der Waals surface area contributed by atoms with Crippen molar-refractivity contribution in [3.05, 3.63) is 35.9 Å². The number of likely N-dealkylation sites (N-methyl/N-ethyl adjacent to an activating group) is 2. The van der Waals surface area contributed by atoms with Crippen LogP contribution in [0.15, 0.2) is 30.3 Å². The molecule has 18 heavy (non-hydrogen) atoms. The maximum absolute atomic E-state index is 12.1. The van der Waals surface area contributed by atoms with Crippen LogP contribution in [0.25, 0.3) is 0 Å². The van der Waals surface area contributed by atoms with E-state index in [9.17, 15) is 4.79 Å². The Labute approximate surface area is 110 Å². The van der Waals surface area contributed by atoms with Crippen LogP contribution in [0.3, 0.4) is 0 Å². The van der Waals surface area contributed by atoms with Crippen LogP contribution in [0, 0.1) is 0 Å². The van der Waals surface area contributed by atoms with Crippen molar-refractivity contribution >= 4 is 5.91 Å². The van der Waals surface area contributed by atoms with Crippen LogP contribution in [0.5, 0.6) is 0 Å². The summed E-state index contributed by atoms with van der Waals surface area (Å²) < 4.78 is 0. The Balaban J connectivity index is 2.38. The van der Waals surface area contributed by atoms with E-state index in [1.165, 1.54) is 5.56 Å². The zero-order chi connectivity index (χ0) is 13.6. The number of nitrogens with one attached hydrogen (secondary N) is 1. The van der Waals surface area contributed by atoms with Crippen LogP contribution in [0.1, 0.15) is 25.8 Å². The van der Waals surface area contributed by atoms with Crippen LogP contribution < -0.4 is 5.32 Å². The summed E-state index contributed by atoms with van der Waals surface area (Å²) in [7, 11) is 3.68. The molecule has 0 spiro atoms. The zero-order valence-electron chi connectivity index (χ0n) is 11.9. The molecule has 1 aromatic rings. The van der Waals surface area contributed by atoms with E-state index in [1.54, 1.807) is 4.90 Å². The number of benzene rings is 1. The van der Waals surface area contributed by atoms with Crippen molar-refractivity contribution in [1.29, 1.82) is 0 Å². The van der Waals surface area contributed by atoms with Gasteiger partial charge in [-0.25, -0.2) is 0 Å². The molecule has 0 radical (unpaired) electrons. The zero-order valence-corrected chi connectivity index (χ0v) is 11.9. The van der Waals surface area contributed by atoms with E-state index < -0.39 is 5.54 Å². The first-order chi connectivity index (χ1) is 8.47. The maximum Gasteiger partial charge on any atom is 0.242 e. The lowest BCUT2D eigenvalue weighted by atomic mass is 10.0. The van der Waals surface area contributed by atoms with E-state index in [1.807, 2.05) is 46.1 Å². The normalized spacial score (nSPS) is 11.3. The molecule has 0 bridgehead atoms. The molecule has 0 atom stereocenters. The first-order valence-electron chi connectivity index (χ1n) is 6.46. The molecule has 0 unspecified atom stereocenters. The van der Waals surface area contributed by atoms with E-state index in [2.05, 4.69) is 17.4 Å². The van der Waals surface area contributed by atoms with E-state index in [4.69, 9.17) is 0 Å². The Bertz CT molecular complexity index is 373. The van der Waals surface area contributed by atoms with Gasteiger partial charge in [0.05, 0.1) is 5.54 Å². The molecule has 1 N–H and O–H groups in total. The summed E-state index contributed by atoms with van der Waals surface area (Å²) >= 11 is 0. The van der Waals surface area contributed by atoms with Gasteiger partial charge in [-0.05, 0) is 39.3 Å². The summed E-state index contributed by atoms with van der Waals surface area (Å²) in [6, 6.07) is 10.4. The minimum atomic E-state index is -0.485. The van der Waals surface area contributed by atoms with Crippen molar-refractivity contribution < 1.29 is 4.79 Å². The molecule has 0 saturated heterocycles. The van der Waals surface area contributed by atoms with Crippen LogP contribution in [-0.2, 0) is 11.2 Å². The second-order valence-electron chi connectivity index (χ2n) is 5.19. The molecule has 0 heterocycles. The number of hydrogen-bond donors (Lipinski definition) is 1. The molecule has 0 fully saturated rings. The minimum absolute atomic E-state index is 0.137. The smallest absolute Gasteiger partial charge is 0.242 e. The molecule has 1 aromatic carbocycles. The van der Waals surface area contributed by atoms with E-state index in [0.717, 1.165) is 19.4 Å². The van der Waals surface area contributed by atoms with Gasteiger partial charge in [-0.2, -0.15) is 0 Å². The summed E-state index contributed by atoms with van der Waals surface area (Å²) in [5.41, 5.74) is 0.841. The maximum atomic E-state index is 12.1. The molecule has 1 rings (SSSR count). The van der Waals surface area contributed by atoms with Gasteiger partial charge in [0.2, 0.25) is 5.91 Å². The highest BCUT2D eigenvalue weighted by atomic mass is 16.2. The minimum Gasteiger partial charge on any atom is -0.344 e. The van der Waals surface area contributed by atoms with Gasteiger partial charge in [0.15, 0.2) is 0 Å². The Hall–Kier alpha value is -1.35. The number of aryl methyl sites for hydroxylation is 1. The highest BCUT2D eigenvalue weighted by Crippen LogP contribution is 2.08. The number of nitrogens with zero attached hydrogens (tertiary/aromatic N) is 1. The fourth-order valence-electron chi connectivity index (χ4n) is 1.85. The van der Waals surface area contributed by atoms with Gasteiger partial charge in [-0.3, -0.25) is 4.79 Å². The Morgan fingerprint density at radius 2 is 1.89 bits per heavy atom. The van der Waals surface area contributed by atoms with Gasteiger partial charge < -0.3 is 10.2 Å². The molecular formula is C15H24N2O. The Kier molecular flexibility index (Phi) is 5.35. The molecule has 0 saturated carbocycles. The van der Waals surface area contributed by atoms with Crippen molar-refractivity contribution in [2.24, 2.45) is 0 Å². The lowest BCUT2D eigenvalue weighted by molar-refractivity contribution is -0.135. The van der Waals surface area contributed by atoms with E-state index >= 15 is 0 Å². The predicted octanol–water partition coefficient (Wildman–Crippen LogP) is 2.08. The molecule has 0 aliphatic carbocycles. The van der Waals surface area contributed by atoms with Gasteiger partial charge in [0, 0.05) is 13.6 Å².